The van der Waals surface area contributed by atoms with Crippen molar-refractivity contribution in [3.63, 3.8) is 0 Å². The first kappa shape index (κ1) is 38.8. The number of carbonyl (C=O) groups excluding carboxylic acids is 4. The van der Waals surface area contributed by atoms with E-state index in [0.29, 0.717) is 0 Å². The quantitative estimate of drug-likeness (QED) is 0.0632. The van der Waals surface area contributed by atoms with Gasteiger partial charge in [-0.15, -0.1) is 9.05 Å². The number of nitrogens with one attached hydrogen (secondary N) is 2. The van der Waals surface area contributed by atoms with E-state index in [-0.39, 0.29) is 52.1 Å². The fraction of sp³-hybridized carbons (Fsp3) is 0.389. The lowest BCUT2D eigenvalue weighted by Crippen LogP contribution is -2.46. The Morgan fingerprint density at radius 3 is 1.61 bits per heavy atom. The van der Waals surface area contributed by atoms with Gasteiger partial charge in [0.2, 0.25) is 5.91 Å². The third-order valence-electron chi connectivity index (χ3n) is 6.72. The molecule has 12 nitrogen and oxygen atoms in total. The Labute approximate surface area is 287 Å². The average Bonchev–Trinajstić information content (AvgIpc) is 3.08. The van der Waals surface area contributed by atoms with Gasteiger partial charge in [-0.2, -0.15) is 0 Å². The van der Waals surface area contributed by atoms with E-state index in [9.17, 15) is 23.7 Å². The minimum absolute atomic E-state index is 0.00251. The first-order valence-electron chi connectivity index (χ1n) is 16.0. The van der Waals surface area contributed by atoms with Crippen molar-refractivity contribution in [1.82, 2.24) is 10.6 Å². The lowest BCUT2D eigenvalue weighted by molar-refractivity contribution is -0.150. The fourth-order valence-corrected chi connectivity index (χ4v) is 4.92. The van der Waals surface area contributed by atoms with Gasteiger partial charge in [-0.1, -0.05) is 91.0 Å². The van der Waals surface area contributed by atoms with Crippen molar-refractivity contribution in [2.24, 2.45) is 0 Å². The van der Waals surface area contributed by atoms with E-state index in [4.69, 9.17) is 23.3 Å². The molecule has 0 spiro atoms. The number of hydrogen-bond acceptors (Lipinski definition) is 10. The first-order chi connectivity index (χ1) is 23.5. The molecule has 262 valence electrons. The smallest absolute Gasteiger partial charge is 0.459 e. The van der Waals surface area contributed by atoms with E-state index < -0.39 is 49.9 Å². The van der Waals surface area contributed by atoms with Crippen LogP contribution >= 0.6 is 8.25 Å². The molecule has 3 unspecified atom stereocenters. The molecule has 0 radical (unpaired) electrons. The highest BCUT2D eigenvalue weighted by atomic mass is 31.1. The van der Waals surface area contributed by atoms with Crippen LogP contribution in [-0.4, -0.2) is 48.2 Å². The van der Waals surface area contributed by atoms with Gasteiger partial charge in [-0.3, -0.25) is 4.79 Å². The van der Waals surface area contributed by atoms with Gasteiger partial charge < -0.3 is 24.8 Å². The van der Waals surface area contributed by atoms with Crippen molar-refractivity contribution in [3.8, 4) is 0 Å². The van der Waals surface area contributed by atoms with Crippen molar-refractivity contribution in [2.75, 3.05) is 6.61 Å². The van der Waals surface area contributed by atoms with E-state index in [1.165, 1.54) is 0 Å². The van der Waals surface area contributed by atoms with Gasteiger partial charge in [-0.25, -0.2) is 14.4 Å². The number of alkyl carbamates (subject to hydrolysis) is 1. The maximum atomic E-state index is 13.1. The van der Waals surface area contributed by atoms with Crippen LogP contribution in [0.2, 0.25) is 0 Å². The SMILES string of the molecule is CC(C)(C)OC(=O)NC(CCC(=O)NC(CCCO[P+](=O)OCc1ccccc1)C(=O)OCc1ccccc1)C(=O)OCc1ccccc1. The Hall–Kier alpha value is -4.64. The van der Waals surface area contributed by atoms with Crippen LogP contribution in [0, 0.1) is 0 Å². The molecule has 3 atom stereocenters. The zero-order chi connectivity index (χ0) is 35.5. The highest BCUT2D eigenvalue weighted by molar-refractivity contribution is 7.33. The average molecular weight is 696 g/mol. The maximum absolute atomic E-state index is 13.1. The summed E-state index contributed by atoms with van der Waals surface area (Å²) >= 11 is 0. The van der Waals surface area contributed by atoms with Crippen molar-refractivity contribution < 1.29 is 47.0 Å². The number of hydrogen-bond donors (Lipinski definition) is 2. The molecular formula is C36H44N2O10P+. The standard InChI is InChI=1S/C36H43N2O10P/c1-36(2,3)48-35(42)38-31(34(41)45-25-28-16-9-5-10-17-28)21-22-32(39)37-30(33(40)44-24-27-14-7-4-8-15-27)20-13-23-46-49(43)47-26-29-18-11-6-12-19-29/h4-12,14-19,30-31H,13,20-26H2,1-3H3,(H-,37,38,39,42)/p+1. The molecule has 3 aromatic carbocycles. The largest absolute Gasteiger partial charge is 0.697 e. The molecule has 0 aliphatic heterocycles. The van der Waals surface area contributed by atoms with Crippen LogP contribution in [0.4, 0.5) is 4.79 Å². The molecule has 2 N–H and O–H groups in total. The van der Waals surface area contributed by atoms with Crippen molar-refractivity contribution in [1.29, 1.82) is 0 Å². The molecule has 0 saturated heterocycles. The zero-order valence-corrected chi connectivity index (χ0v) is 28.9. The van der Waals surface area contributed by atoms with Gasteiger partial charge in [0.15, 0.2) is 0 Å². The van der Waals surface area contributed by atoms with Crippen LogP contribution in [-0.2, 0) is 62.0 Å². The molecule has 49 heavy (non-hydrogen) atoms. The number of ether oxygens (including phenoxy) is 3. The number of rotatable bonds is 19. The van der Waals surface area contributed by atoms with Crippen LogP contribution in [0.15, 0.2) is 91.0 Å². The molecule has 13 heteroatoms. The Kier molecular flexibility index (Phi) is 16.4. The molecular weight excluding hydrogens is 651 g/mol. The zero-order valence-electron chi connectivity index (χ0n) is 28.0. The van der Waals surface area contributed by atoms with Crippen molar-refractivity contribution in [2.45, 2.75) is 84.0 Å². The number of carbonyl (C=O) groups is 4. The molecule has 0 saturated carbocycles. The van der Waals surface area contributed by atoms with Crippen LogP contribution in [0.1, 0.15) is 63.1 Å². The number of benzene rings is 3. The van der Waals surface area contributed by atoms with Crippen LogP contribution < -0.4 is 10.6 Å². The van der Waals surface area contributed by atoms with Crippen LogP contribution in [0.25, 0.3) is 0 Å². The first-order valence-corrected chi connectivity index (χ1v) is 17.0. The summed E-state index contributed by atoms with van der Waals surface area (Å²) in [6, 6.07) is 25.0. The Bertz CT molecular complexity index is 1480. The molecule has 0 fully saturated rings. The maximum Gasteiger partial charge on any atom is 0.697 e. The van der Waals surface area contributed by atoms with Gasteiger partial charge in [0.05, 0.1) is 0 Å². The van der Waals surface area contributed by atoms with Crippen LogP contribution in [0.5, 0.6) is 0 Å². The highest BCUT2D eigenvalue weighted by Crippen LogP contribution is 2.26. The van der Waals surface area contributed by atoms with E-state index in [1.807, 2.05) is 54.6 Å². The number of amides is 2. The van der Waals surface area contributed by atoms with E-state index in [1.54, 1.807) is 57.2 Å². The summed E-state index contributed by atoms with van der Waals surface area (Å²) in [5.41, 5.74) is 1.53. The summed E-state index contributed by atoms with van der Waals surface area (Å²) in [7, 11) is -2.40. The Morgan fingerprint density at radius 2 is 1.12 bits per heavy atom. The van der Waals surface area contributed by atoms with E-state index in [2.05, 4.69) is 10.6 Å². The van der Waals surface area contributed by atoms with Crippen molar-refractivity contribution in [3.05, 3.63) is 108 Å². The summed E-state index contributed by atoms with van der Waals surface area (Å²) < 4.78 is 38.9. The van der Waals surface area contributed by atoms with Crippen LogP contribution in [0.3, 0.4) is 0 Å². The predicted molar refractivity (Wildman–Crippen MR) is 181 cm³/mol. The minimum atomic E-state index is -2.40. The van der Waals surface area contributed by atoms with E-state index >= 15 is 0 Å². The Balaban J connectivity index is 1.57. The summed E-state index contributed by atoms with van der Waals surface area (Å²) in [4.78, 5) is 51.7. The van der Waals surface area contributed by atoms with E-state index in [0.717, 1.165) is 16.7 Å². The second-order valence-corrected chi connectivity index (χ2v) is 13.0. The highest BCUT2D eigenvalue weighted by Gasteiger charge is 2.28. The molecule has 0 bridgehead atoms. The van der Waals surface area contributed by atoms with Gasteiger partial charge >= 0.3 is 26.3 Å². The minimum Gasteiger partial charge on any atom is -0.459 e. The Morgan fingerprint density at radius 1 is 0.653 bits per heavy atom. The number of esters is 2. The summed E-state index contributed by atoms with van der Waals surface area (Å²) in [5.74, 6) is -1.98. The normalized spacial score (nSPS) is 12.6. The third kappa shape index (κ3) is 16.3. The fourth-order valence-electron chi connectivity index (χ4n) is 4.31. The van der Waals surface area contributed by atoms with Gasteiger partial charge in [0, 0.05) is 11.0 Å². The predicted octanol–water partition coefficient (Wildman–Crippen LogP) is 6.30. The molecule has 0 aliphatic carbocycles. The summed E-state index contributed by atoms with van der Waals surface area (Å²) in [6.07, 6.45) is -0.857. The molecule has 3 aromatic rings. The second-order valence-electron chi connectivity index (χ2n) is 12.0. The topological polar surface area (TPSA) is 156 Å². The van der Waals surface area contributed by atoms with Crippen molar-refractivity contribution >= 4 is 32.2 Å². The summed E-state index contributed by atoms with van der Waals surface area (Å²) in [6.45, 7) is 5.12. The van der Waals surface area contributed by atoms with Gasteiger partial charge in [0.1, 0.15) is 44.1 Å². The molecule has 0 heterocycles. The molecule has 0 aromatic heterocycles. The summed E-state index contributed by atoms with van der Waals surface area (Å²) in [5, 5.41) is 5.15. The molecule has 0 aliphatic rings. The lowest BCUT2D eigenvalue weighted by Gasteiger charge is -2.23. The van der Waals surface area contributed by atoms with Gasteiger partial charge in [0.25, 0.3) is 0 Å². The van der Waals surface area contributed by atoms with Gasteiger partial charge in [-0.05, 0) is 56.7 Å². The monoisotopic (exact) mass is 695 g/mol. The lowest BCUT2D eigenvalue weighted by atomic mass is 10.1. The third-order valence-corrected chi connectivity index (χ3v) is 7.45. The molecule has 3 rings (SSSR count). The molecule has 2 amide bonds. The second kappa shape index (κ2) is 20.7.